The third-order valence-corrected chi connectivity index (χ3v) is 3.30. The van der Waals surface area contributed by atoms with Gasteiger partial charge in [-0.2, -0.15) is 13.2 Å². The molecule has 20 heavy (non-hydrogen) atoms. The molecule has 108 valence electrons. The van der Waals surface area contributed by atoms with E-state index in [0.717, 1.165) is 4.90 Å². The molecule has 9 heteroatoms. The van der Waals surface area contributed by atoms with Gasteiger partial charge in [0, 0.05) is 10.6 Å². The van der Waals surface area contributed by atoms with E-state index in [2.05, 4.69) is 15.4 Å². The van der Waals surface area contributed by atoms with E-state index < -0.39 is 18.9 Å². The van der Waals surface area contributed by atoms with Crippen LogP contribution in [-0.4, -0.2) is 30.5 Å². The van der Waals surface area contributed by atoms with Crippen LogP contribution >= 0.6 is 11.8 Å². The average Bonchev–Trinajstić information content (AvgIpc) is 2.35. The van der Waals surface area contributed by atoms with Crippen LogP contribution in [0.3, 0.4) is 0 Å². The van der Waals surface area contributed by atoms with Crippen molar-refractivity contribution >= 4 is 35.1 Å². The first kappa shape index (κ1) is 14.5. The van der Waals surface area contributed by atoms with Gasteiger partial charge in [-0.3, -0.25) is 10.1 Å². The number of anilines is 2. The van der Waals surface area contributed by atoms with Crippen molar-refractivity contribution in [3.05, 3.63) is 18.2 Å². The number of rotatable bonds is 2. The molecule has 1 aromatic carbocycles. The zero-order chi connectivity index (χ0) is 14.8. The van der Waals surface area contributed by atoms with Crippen molar-refractivity contribution in [1.29, 1.82) is 0 Å². The quantitative estimate of drug-likeness (QED) is 0.881. The number of amides is 2. The van der Waals surface area contributed by atoms with E-state index in [1.165, 1.54) is 23.9 Å². The lowest BCUT2D eigenvalue weighted by Crippen LogP contribution is -2.23. The van der Waals surface area contributed by atoms with Crippen LogP contribution in [0.4, 0.5) is 29.3 Å². The summed E-state index contributed by atoms with van der Waals surface area (Å²) in [7, 11) is 0. The van der Waals surface area contributed by atoms with Crippen LogP contribution in [0.1, 0.15) is 0 Å². The number of ether oxygens (including phenoxy) is 1. The Hall–Kier alpha value is -1.90. The Morgan fingerprint density at radius 1 is 1.45 bits per heavy atom. The van der Waals surface area contributed by atoms with Crippen molar-refractivity contribution in [3.63, 3.8) is 0 Å². The molecule has 0 saturated carbocycles. The van der Waals surface area contributed by atoms with E-state index in [9.17, 15) is 22.8 Å². The van der Waals surface area contributed by atoms with E-state index in [1.807, 2.05) is 0 Å². The molecule has 1 aliphatic rings. The number of halogens is 3. The van der Waals surface area contributed by atoms with E-state index in [4.69, 9.17) is 0 Å². The van der Waals surface area contributed by atoms with Crippen molar-refractivity contribution in [3.8, 4) is 0 Å². The Labute approximate surface area is 115 Å². The standard InChI is InChI=1S/C11H9F3N2O3S/c12-11(13,14)5-19-10(18)15-6-1-2-8-7(3-6)16-9(17)4-20-8/h1-3H,4-5H2,(H,15,18)(H,16,17). The molecule has 1 heterocycles. The number of carbonyl (C=O) groups is 2. The zero-order valence-corrected chi connectivity index (χ0v) is 10.7. The maximum atomic E-state index is 11.9. The number of benzene rings is 1. The predicted molar refractivity (Wildman–Crippen MR) is 66.8 cm³/mol. The molecule has 1 aromatic rings. The van der Waals surface area contributed by atoms with Crippen LogP contribution in [0.25, 0.3) is 0 Å². The lowest BCUT2D eigenvalue weighted by Gasteiger charge is -2.17. The fourth-order valence-electron chi connectivity index (χ4n) is 1.46. The molecule has 0 bridgehead atoms. The highest BCUT2D eigenvalue weighted by Crippen LogP contribution is 2.33. The molecule has 0 aromatic heterocycles. The lowest BCUT2D eigenvalue weighted by molar-refractivity contribution is -0.159. The molecule has 0 atom stereocenters. The number of carbonyl (C=O) groups excluding carboxylic acids is 2. The number of nitrogens with one attached hydrogen (secondary N) is 2. The molecular formula is C11H9F3N2O3S. The second kappa shape index (κ2) is 5.61. The van der Waals surface area contributed by atoms with E-state index in [-0.39, 0.29) is 11.6 Å². The monoisotopic (exact) mass is 306 g/mol. The molecule has 2 N–H and O–H groups in total. The maximum absolute atomic E-state index is 11.9. The largest absolute Gasteiger partial charge is 0.440 e. The van der Waals surface area contributed by atoms with Crippen LogP contribution in [0.15, 0.2) is 23.1 Å². The summed E-state index contributed by atoms with van der Waals surface area (Å²) < 4.78 is 39.6. The summed E-state index contributed by atoms with van der Waals surface area (Å²) >= 11 is 1.33. The summed E-state index contributed by atoms with van der Waals surface area (Å²) in [5.74, 6) is 0.118. The molecule has 0 spiro atoms. The minimum atomic E-state index is -4.57. The van der Waals surface area contributed by atoms with E-state index in [0.29, 0.717) is 11.4 Å². The van der Waals surface area contributed by atoms with Gasteiger partial charge in [-0.1, -0.05) is 0 Å². The zero-order valence-electron chi connectivity index (χ0n) is 9.91. The van der Waals surface area contributed by atoms with Gasteiger partial charge in [0.1, 0.15) is 0 Å². The van der Waals surface area contributed by atoms with Crippen molar-refractivity contribution in [2.75, 3.05) is 23.0 Å². The van der Waals surface area contributed by atoms with Gasteiger partial charge >= 0.3 is 12.3 Å². The summed E-state index contributed by atoms with van der Waals surface area (Å²) in [5.41, 5.74) is 0.735. The summed E-state index contributed by atoms with van der Waals surface area (Å²) in [6, 6.07) is 4.62. The summed E-state index contributed by atoms with van der Waals surface area (Å²) in [6.07, 6.45) is -5.78. The molecule has 0 radical (unpaired) electrons. The Kier molecular flexibility index (Phi) is 4.07. The van der Waals surface area contributed by atoms with Gasteiger partial charge < -0.3 is 10.1 Å². The molecular weight excluding hydrogens is 297 g/mol. The van der Waals surface area contributed by atoms with Crippen molar-refractivity contribution < 1.29 is 27.5 Å². The number of hydrogen-bond donors (Lipinski definition) is 2. The SMILES string of the molecule is O=C1CSc2ccc(NC(=O)OCC(F)(F)F)cc2N1. The molecule has 2 amide bonds. The average molecular weight is 306 g/mol. The Bertz CT molecular complexity index is 548. The van der Waals surface area contributed by atoms with Gasteiger partial charge in [-0.05, 0) is 18.2 Å². The van der Waals surface area contributed by atoms with Gasteiger partial charge in [0.2, 0.25) is 5.91 Å². The van der Waals surface area contributed by atoms with Crippen molar-refractivity contribution in [1.82, 2.24) is 0 Å². The van der Waals surface area contributed by atoms with E-state index in [1.54, 1.807) is 6.07 Å². The summed E-state index contributed by atoms with van der Waals surface area (Å²) in [4.78, 5) is 23.2. The van der Waals surface area contributed by atoms with Crippen LogP contribution in [-0.2, 0) is 9.53 Å². The van der Waals surface area contributed by atoms with Gasteiger partial charge in [-0.25, -0.2) is 4.79 Å². The smallest absolute Gasteiger partial charge is 0.422 e. The fraction of sp³-hybridized carbons (Fsp3) is 0.273. The minimum absolute atomic E-state index is 0.181. The highest BCUT2D eigenvalue weighted by atomic mass is 32.2. The number of fused-ring (bicyclic) bond motifs is 1. The van der Waals surface area contributed by atoms with Gasteiger partial charge in [0.25, 0.3) is 0 Å². The van der Waals surface area contributed by atoms with Gasteiger partial charge in [0.05, 0.1) is 11.4 Å². The molecule has 5 nitrogen and oxygen atoms in total. The summed E-state index contributed by atoms with van der Waals surface area (Å²) in [6.45, 7) is -1.66. The first-order chi connectivity index (χ1) is 9.33. The highest BCUT2D eigenvalue weighted by molar-refractivity contribution is 8.00. The van der Waals surface area contributed by atoms with Gasteiger partial charge in [0.15, 0.2) is 6.61 Å². The second-order valence-electron chi connectivity index (χ2n) is 3.86. The normalized spacial score (nSPS) is 14.2. The Morgan fingerprint density at radius 2 is 2.20 bits per heavy atom. The minimum Gasteiger partial charge on any atom is -0.440 e. The van der Waals surface area contributed by atoms with Crippen LogP contribution in [0.2, 0.25) is 0 Å². The van der Waals surface area contributed by atoms with E-state index >= 15 is 0 Å². The predicted octanol–water partition coefficient (Wildman–Crippen LogP) is 2.84. The number of thioether (sulfide) groups is 1. The topological polar surface area (TPSA) is 67.4 Å². The van der Waals surface area contributed by atoms with Crippen molar-refractivity contribution in [2.24, 2.45) is 0 Å². The molecule has 1 aliphatic heterocycles. The third-order valence-electron chi connectivity index (χ3n) is 2.23. The molecule has 0 unspecified atom stereocenters. The fourth-order valence-corrected chi connectivity index (χ4v) is 2.25. The Balaban J connectivity index is 1.98. The van der Waals surface area contributed by atoms with Crippen LogP contribution in [0, 0.1) is 0 Å². The Morgan fingerprint density at radius 3 is 2.90 bits per heavy atom. The molecule has 0 aliphatic carbocycles. The van der Waals surface area contributed by atoms with Crippen molar-refractivity contribution in [2.45, 2.75) is 11.1 Å². The second-order valence-corrected chi connectivity index (χ2v) is 4.88. The molecule has 0 saturated heterocycles. The summed E-state index contributed by atoms with van der Waals surface area (Å²) in [5, 5.41) is 4.76. The van der Waals surface area contributed by atoms with Crippen LogP contribution < -0.4 is 10.6 Å². The van der Waals surface area contributed by atoms with Crippen LogP contribution in [0.5, 0.6) is 0 Å². The van der Waals surface area contributed by atoms with Gasteiger partial charge in [-0.15, -0.1) is 11.8 Å². The number of hydrogen-bond acceptors (Lipinski definition) is 4. The number of alkyl halides is 3. The first-order valence-corrected chi connectivity index (χ1v) is 6.39. The lowest BCUT2D eigenvalue weighted by atomic mass is 10.2. The molecule has 2 rings (SSSR count). The molecule has 0 fully saturated rings. The highest BCUT2D eigenvalue weighted by Gasteiger charge is 2.29. The maximum Gasteiger partial charge on any atom is 0.422 e. The third kappa shape index (κ3) is 4.05. The first-order valence-electron chi connectivity index (χ1n) is 5.41.